The number of nitrogens with zero attached hydrogens (tertiary/aromatic N) is 4. The molecule has 0 aliphatic carbocycles. The van der Waals surface area contributed by atoms with Crippen LogP contribution in [0.3, 0.4) is 0 Å². The van der Waals surface area contributed by atoms with Crippen LogP contribution >= 0.6 is 23.2 Å². The Hall–Kier alpha value is -1.13. The molecule has 0 N–H and O–H groups in total. The highest BCUT2D eigenvalue weighted by Gasteiger charge is 2.06. The SMILES string of the molecule is Cc1cnn(-c2nc(Cl)ncc2Cl)c1. The number of halogens is 2. The minimum atomic E-state index is 0.151. The maximum Gasteiger partial charge on any atom is 0.224 e. The van der Waals surface area contributed by atoms with Gasteiger partial charge in [0.25, 0.3) is 0 Å². The average Bonchev–Trinajstić information content (AvgIpc) is 2.56. The van der Waals surface area contributed by atoms with E-state index in [2.05, 4.69) is 15.1 Å². The van der Waals surface area contributed by atoms with Crippen LogP contribution in [0.4, 0.5) is 0 Å². The normalized spacial score (nSPS) is 10.5. The summed E-state index contributed by atoms with van der Waals surface area (Å²) in [5, 5.41) is 4.64. The predicted molar refractivity (Wildman–Crippen MR) is 53.9 cm³/mol. The lowest BCUT2D eigenvalue weighted by molar-refractivity contribution is 0.839. The monoisotopic (exact) mass is 228 g/mol. The molecule has 0 unspecified atom stereocenters. The highest BCUT2D eigenvalue weighted by atomic mass is 35.5. The van der Waals surface area contributed by atoms with Gasteiger partial charge in [0, 0.05) is 6.20 Å². The first-order valence-corrected chi connectivity index (χ1v) is 4.62. The van der Waals surface area contributed by atoms with Crippen molar-refractivity contribution in [3.05, 3.63) is 34.5 Å². The summed E-state index contributed by atoms with van der Waals surface area (Å²) in [5.74, 6) is 0.486. The molecule has 4 nitrogen and oxygen atoms in total. The van der Waals surface area contributed by atoms with Crippen molar-refractivity contribution in [3.8, 4) is 5.82 Å². The zero-order chi connectivity index (χ0) is 10.1. The summed E-state index contributed by atoms with van der Waals surface area (Å²) in [6.45, 7) is 1.93. The first kappa shape index (κ1) is 9.43. The third-order valence-corrected chi connectivity index (χ3v) is 2.07. The molecule has 0 spiro atoms. The van der Waals surface area contributed by atoms with E-state index in [-0.39, 0.29) is 5.28 Å². The Balaban J connectivity index is 2.55. The Kier molecular flexibility index (Phi) is 2.39. The van der Waals surface area contributed by atoms with E-state index in [1.807, 2.05) is 13.1 Å². The first-order valence-electron chi connectivity index (χ1n) is 3.86. The minimum Gasteiger partial charge on any atom is -0.225 e. The van der Waals surface area contributed by atoms with Gasteiger partial charge in [-0.15, -0.1) is 0 Å². The molecule has 2 aromatic rings. The van der Waals surface area contributed by atoms with Crippen molar-refractivity contribution in [2.24, 2.45) is 0 Å². The Labute approximate surface area is 90.5 Å². The van der Waals surface area contributed by atoms with Crippen LogP contribution in [0.2, 0.25) is 10.3 Å². The Morgan fingerprint density at radius 2 is 2.07 bits per heavy atom. The Morgan fingerprint density at radius 1 is 1.29 bits per heavy atom. The highest BCUT2D eigenvalue weighted by Crippen LogP contribution is 2.18. The van der Waals surface area contributed by atoms with E-state index in [0.717, 1.165) is 5.56 Å². The summed E-state index contributed by atoms with van der Waals surface area (Å²) in [6, 6.07) is 0. The standard InChI is InChI=1S/C8H6Cl2N4/c1-5-2-12-14(4-5)7-6(9)3-11-8(10)13-7/h2-4H,1H3. The number of hydrogen-bond donors (Lipinski definition) is 0. The van der Waals surface area contributed by atoms with Crippen molar-refractivity contribution in [1.29, 1.82) is 0 Å². The molecule has 0 amide bonds. The van der Waals surface area contributed by atoms with Gasteiger partial charge < -0.3 is 0 Å². The third kappa shape index (κ3) is 1.71. The minimum absolute atomic E-state index is 0.151. The smallest absolute Gasteiger partial charge is 0.224 e. The van der Waals surface area contributed by atoms with Crippen LogP contribution in [0.1, 0.15) is 5.56 Å². The van der Waals surface area contributed by atoms with Gasteiger partial charge in [-0.05, 0) is 24.1 Å². The van der Waals surface area contributed by atoms with Crippen LogP contribution in [0.5, 0.6) is 0 Å². The molecule has 0 saturated carbocycles. The molecule has 14 heavy (non-hydrogen) atoms. The van der Waals surface area contributed by atoms with Crippen LogP contribution in [0.25, 0.3) is 5.82 Å². The predicted octanol–water partition coefficient (Wildman–Crippen LogP) is 2.28. The van der Waals surface area contributed by atoms with Gasteiger partial charge in [0.2, 0.25) is 5.28 Å². The van der Waals surface area contributed by atoms with Crippen LogP contribution in [-0.4, -0.2) is 19.7 Å². The van der Waals surface area contributed by atoms with Gasteiger partial charge >= 0.3 is 0 Å². The Morgan fingerprint density at radius 3 is 2.71 bits per heavy atom. The second-order valence-corrected chi connectivity index (χ2v) is 3.52. The van der Waals surface area contributed by atoms with Crippen molar-refractivity contribution in [2.45, 2.75) is 6.92 Å². The van der Waals surface area contributed by atoms with Crippen molar-refractivity contribution >= 4 is 23.2 Å². The Bertz CT molecular complexity index is 466. The van der Waals surface area contributed by atoms with Gasteiger partial charge in [0.05, 0.1) is 12.4 Å². The highest BCUT2D eigenvalue weighted by molar-refractivity contribution is 6.32. The van der Waals surface area contributed by atoms with E-state index in [4.69, 9.17) is 23.2 Å². The van der Waals surface area contributed by atoms with Gasteiger partial charge in [-0.1, -0.05) is 11.6 Å². The fourth-order valence-corrected chi connectivity index (χ4v) is 1.33. The zero-order valence-corrected chi connectivity index (χ0v) is 8.79. The molecule has 6 heteroatoms. The number of aryl methyl sites for hydroxylation is 1. The molecule has 0 bridgehead atoms. The van der Waals surface area contributed by atoms with E-state index in [1.54, 1.807) is 10.9 Å². The molecule has 0 aliphatic heterocycles. The lowest BCUT2D eigenvalue weighted by atomic mass is 10.4. The molecule has 0 atom stereocenters. The molecular weight excluding hydrogens is 223 g/mol. The van der Waals surface area contributed by atoms with Crippen molar-refractivity contribution in [3.63, 3.8) is 0 Å². The molecule has 72 valence electrons. The van der Waals surface area contributed by atoms with Gasteiger partial charge in [0.15, 0.2) is 5.82 Å². The van der Waals surface area contributed by atoms with Gasteiger partial charge in [-0.2, -0.15) is 10.1 Å². The van der Waals surface area contributed by atoms with Gasteiger partial charge in [-0.25, -0.2) is 9.67 Å². The maximum atomic E-state index is 5.90. The summed E-state index contributed by atoms with van der Waals surface area (Å²) in [5.41, 5.74) is 1.02. The van der Waals surface area contributed by atoms with Crippen molar-refractivity contribution in [1.82, 2.24) is 19.7 Å². The fraction of sp³-hybridized carbons (Fsp3) is 0.125. The van der Waals surface area contributed by atoms with Crippen molar-refractivity contribution in [2.75, 3.05) is 0 Å². The van der Waals surface area contributed by atoms with Crippen LogP contribution in [-0.2, 0) is 0 Å². The fourth-order valence-electron chi connectivity index (χ4n) is 1.03. The lowest BCUT2D eigenvalue weighted by Gasteiger charge is -2.01. The van der Waals surface area contributed by atoms with E-state index in [9.17, 15) is 0 Å². The second kappa shape index (κ2) is 3.55. The molecule has 0 aromatic carbocycles. The quantitative estimate of drug-likeness (QED) is 0.704. The molecule has 0 saturated heterocycles. The number of hydrogen-bond acceptors (Lipinski definition) is 3. The average molecular weight is 229 g/mol. The van der Waals surface area contributed by atoms with Crippen LogP contribution in [0, 0.1) is 6.92 Å². The van der Waals surface area contributed by atoms with E-state index in [0.29, 0.717) is 10.8 Å². The molecule has 2 rings (SSSR count). The summed E-state index contributed by atoms with van der Waals surface area (Å²) >= 11 is 11.5. The van der Waals surface area contributed by atoms with E-state index >= 15 is 0 Å². The zero-order valence-electron chi connectivity index (χ0n) is 7.28. The summed E-state index contributed by atoms with van der Waals surface area (Å²) < 4.78 is 1.56. The molecule has 2 aromatic heterocycles. The number of aromatic nitrogens is 4. The molecule has 0 fully saturated rings. The van der Waals surface area contributed by atoms with E-state index < -0.39 is 0 Å². The topological polar surface area (TPSA) is 43.6 Å². The van der Waals surface area contributed by atoms with Crippen LogP contribution < -0.4 is 0 Å². The second-order valence-electron chi connectivity index (χ2n) is 2.77. The lowest BCUT2D eigenvalue weighted by Crippen LogP contribution is -2.00. The largest absolute Gasteiger partial charge is 0.225 e. The van der Waals surface area contributed by atoms with E-state index in [1.165, 1.54) is 6.20 Å². The number of rotatable bonds is 1. The summed E-state index contributed by atoms with van der Waals surface area (Å²) in [7, 11) is 0. The van der Waals surface area contributed by atoms with Gasteiger partial charge in [0.1, 0.15) is 5.02 Å². The molecular formula is C8H6Cl2N4. The van der Waals surface area contributed by atoms with Crippen LogP contribution in [0.15, 0.2) is 18.6 Å². The third-order valence-electron chi connectivity index (χ3n) is 1.62. The molecule has 2 heterocycles. The van der Waals surface area contributed by atoms with Gasteiger partial charge in [-0.3, -0.25) is 0 Å². The summed E-state index contributed by atoms with van der Waals surface area (Å²) in [6.07, 6.45) is 4.97. The maximum absolute atomic E-state index is 5.90. The summed E-state index contributed by atoms with van der Waals surface area (Å²) in [4.78, 5) is 7.73. The first-order chi connectivity index (χ1) is 6.66. The molecule has 0 radical (unpaired) electrons. The van der Waals surface area contributed by atoms with Crippen molar-refractivity contribution < 1.29 is 0 Å². The molecule has 0 aliphatic rings.